The minimum Gasteiger partial charge on any atom is -0.467 e. The van der Waals surface area contributed by atoms with Crippen LogP contribution in [0.1, 0.15) is 39.4 Å². The van der Waals surface area contributed by atoms with Crippen molar-refractivity contribution in [1.82, 2.24) is 5.32 Å². The zero-order chi connectivity index (χ0) is 20.6. The molecule has 1 aliphatic heterocycles. The van der Waals surface area contributed by atoms with E-state index < -0.39 is 0 Å². The van der Waals surface area contributed by atoms with E-state index in [1.807, 2.05) is 42.2 Å². The van der Waals surface area contributed by atoms with Crippen LogP contribution in [-0.2, 0) is 16.1 Å². The normalized spacial score (nSPS) is 20.4. The number of amides is 1. The summed E-state index contributed by atoms with van der Waals surface area (Å²) in [5.41, 5.74) is 3.54. The monoisotopic (exact) mass is 393 g/mol. The molecule has 1 aromatic carbocycles. The highest BCUT2D eigenvalue weighted by Gasteiger charge is 2.39. The molecule has 0 fully saturated rings. The Balaban J connectivity index is 1.63. The second-order valence-electron chi connectivity index (χ2n) is 8.64. The molecule has 2 N–H and O–H groups in total. The molecule has 6 heteroatoms. The van der Waals surface area contributed by atoms with Crippen LogP contribution in [-0.4, -0.2) is 24.3 Å². The largest absolute Gasteiger partial charge is 0.467 e. The van der Waals surface area contributed by atoms with Gasteiger partial charge in [0.25, 0.3) is 0 Å². The third-order valence-corrected chi connectivity index (χ3v) is 5.66. The predicted octanol–water partition coefficient (Wildman–Crippen LogP) is 3.86. The lowest BCUT2D eigenvalue weighted by Crippen LogP contribution is -2.44. The number of fused-ring (bicyclic) bond motifs is 1. The number of nitrogens with one attached hydrogen (secondary N) is 2. The maximum absolute atomic E-state index is 13.0. The molecule has 2 aromatic rings. The van der Waals surface area contributed by atoms with Gasteiger partial charge in [-0.15, -0.1) is 0 Å². The number of carbonyl (C=O) groups is 2. The molecule has 29 heavy (non-hydrogen) atoms. The molecule has 2 heterocycles. The zero-order valence-corrected chi connectivity index (χ0v) is 17.1. The summed E-state index contributed by atoms with van der Waals surface area (Å²) in [5.74, 6) is 0.750. The molecule has 1 atom stereocenters. The summed E-state index contributed by atoms with van der Waals surface area (Å²) in [7, 11) is 0. The number of hydrogen-bond donors (Lipinski definition) is 2. The molecule has 2 aliphatic rings. The molecule has 1 aliphatic carbocycles. The molecule has 0 spiro atoms. The molecule has 1 amide bonds. The van der Waals surface area contributed by atoms with E-state index in [-0.39, 0.29) is 29.7 Å². The van der Waals surface area contributed by atoms with Gasteiger partial charge in [-0.1, -0.05) is 26.0 Å². The molecule has 0 saturated heterocycles. The van der Waals surface area contributed by atoms with E-state index in [4.69, 9.17) is 4.42 Å². The first-order chi connectivity index (χ1) is 13.8. The quantitative estimate of drug-likeness (QED) is 0.825. The lowest BCUT2D eigenvalue weighted by Gasteiger charge is -2.36. The SMILES string of the molecule is C[C@@H]1C2=C(CC(C)(C)CC2=O)Nc2ccccc2N1CC(=O)NCc1ccco1. The third-order valence-electron chi connectivity index (χ3n) is 5.66. The van der Waals surface area contributed by atoms with E-state index in [0.717, 1.165) is 29.1 Å². The van der Waals surface area contributed by atoms with Gasteiger partial charge in [0.05, 0.1) is 36.8 Å². The van der Waals surface area contributed by atoms with E-state index in [1.165, 1.54) is 0 Å². The summed E-state index contributed by atoms with van der Waals surface area (Å²) < 4.78 is 5.29. The fourth-order valence-electron chi connectivity index (χ4n) is 4.32. The van der Waals surface area contributed by atoms with Crippen molar-refractivity contribution >= 4 is 23.1 Å². The van der Waals surface area contributed by atoms with E-state index in [9.17, 15) is 9.59 Å². The van der Waals surface area contributed by atoms with Gasteiger partial charge in [-0.05, 0) is 43.0 Å². The fraction of sp³-hybridized carbons (Fsp3) is 0.391. The van der Waals surface area contributed by atoms with Crippen molar-refractivity contribution in [1.29, 1.82) is 0 Å². The Morgan fingerprint density at radius 3 is 2.79 bits per heavy atom. The van der Waals surface area contributed by atoms with Crippen LogP contribution in [0.3, 0.4) is 0 Å². The Morgan fingerprint density at radius 1 is 1.24 bits per heavy atom. The summed E-state index contributed by atoms with van der Waals surface area (Å²) >= 11 is 0. The van der Waals surface area contributed by atoms with Gasteiger partial charge in [-0.2, -0.15) is 0 Å². The summed E-state index contributed by atoms with van der Waals surface area (Å²) in [6, 6.07) is 11.3. The van der Waals surface area contributed by atoms with Gasteiger partial charge in [0.2, 0.25) is 5.91 Å². The lowest BCUT2D eigenvalue weighted by molar-refractivity contribution is -0.121. The average molecular weight is 393 g/mol. The first-order valence-electron chi connectivity index (χ1n) is 10.0. The van der Waals surface area contributed by atoms with Gasteiger partial charge in [0, 0.05) is 17.7 Å². The Morgan fingerprint density at radius 2 is 2.03 bits per heavy atom. The van der Waals surface area contributed by atoms with Gasteiger partial charge >= 0.3 is 0 Å². The minimum atomic E-state index is -0.195. The summed E-state index contributed by atoms with van der Waals surface area (Å²) in [4.78, 5) is 27.7. The van der Waals surface area contributed by atoms with Crippen molar-refractivity contribution in [3.8, 4) is 0 Å². The van der Waals surface area contributed by atoms with Crippen LogP contribution in [0.2, 0.25) is 0 Å². The first-order valence-corrected chi connectivity index (χ1v) is 10.0. The number of furan rings is 1. The van der Waals surface area contributed by atoms with Gasteiger partial charge in [0.15, 0.2) is 5.78 Å². The number of Topliss-reactive ketones (excluding diaryl/α,β-unsaturated/α-hetero) is 1. The van der Waals surface area contributed by atoms with Crippen molar-refractivity contribution in [2.75, 3.05) is 16.8 Å². The van der Waals surface area contributed by atoms with Crippen molar-refractivity contribution in [3.05, 3.63) is 59.7 Å². The highest BCUT2D eigenvalue weighted by Crippen LogP contribution is 2.43. The van der Waals surface area contributed by atoms with Crippen LogP contribution in [0.25, 0.3) is 0 Å². The van der Waals surface area contributed by atoms with Gasteiger partial charge < -0.3 is 20.0 Å². The molecule has 0 bridgehead atoms. The summed E-state index contributed by atoms with van der Waals surface area (Å²) in [5, 5.41) is 6.41. The predicted molar refractivity (Wildman–Crippen MR) is 112 cm³/mol. The lowest BCUT2D eigenvalue weighted by atomic mass is 9.74. The fourth-order valence-corrected chi connectivity index (χ4v) is 4.32. The molecule has 6 nitrogen and oxygen atoms in total. The number of allylic oxidation sites excluding steroid dienone is 1. The summed E-state index contributed by atoms with van der Waals surface area (Å²) in [6.45, 7) is 6.76. The summed E-state index contributed by atoms with van der Waals surface area (Å²) in [6.07, 6.45) is 2.92. The minimum absolute atomic E-state index is 0.0762. The second kappa shape index (κ2) is 7.43. The molecule has 152 valence electrons. The number of para-hydroxylation sites is 2. The molecule has 0 radical (unpaired) electrons. The Bertz CT molecular complexity index is 960. The maximum atomic E-state index is 13.0. The van der Waals surface area contributed by atoms with Crippen LogP contribution < -0.4 is 15.5 Å². The van der Waals surface area contributed by atoms with Crippen LogP contribution in [0.5, 0.6) is 0 Å². The highest BCUT2D eigenvalue weighted by atomic mass is 16.3. The van der Waals surface area contributed by atoms with E-state index in [1.54, 1.807) is 12.3 Å². The molecular formula is C23H27N3O3. The van der Waals surface area contributed by atoms with E-state index in [0.29, 0.717) is 18.7 Å². The van der Waals surface area contributed by atoms with Crippen molar-refractivity contribution in [2.45, 2.75) is 46.2 Å². The maximum Gasteiger partial charge on any atom is 0.239 e. The molecular weight excluding hydrogens is 366 g/mol. The second-order valence-corrected chi connectivity index (χ2v) is 8.64. The van der Waals surface area contributed by atoms with Crippen molar-refractivity contribution in [3.63, 3.8) is 0 Å². The topological polar surface area (TPSA) is 74.6 Å². The van der Waals surface area contributed by atoms with E-state index >= 15 is 0 Å². The van der Waals surface area contributed by atoms with Crippen LogP contribution in [0.15, 0.2) is 58.3 Å². The van der Waals surface area contributed by atoms with Gasteiger partial charge in [0.1, 0.15) is 5.76 Å². The Kier molecular flexibility index (Phi) is 4.94. The first kappa shape index (κ1) is 19.3. The van der Waals surface area contributed by atoms with Crippen LogP contribution in [0, 0.1) is 5.41 Å². The molecule has 0 unspecified atom stereocenters. The van der Waals surface area contributed by atoms with E-state index in [2.05, 4.69) is 24.5 Å². The molecule has 0 saturated carbocycles. The van der Waals surface area contributed by atoms with Crippen molar-refractivity contribution < 1.29 is 14.0 Å². The van der Waals surface area contributed by atoms with Crippen molar-refractivity contribution in [2.24, 2.45) is 5.41 Å². The Hall–Kier alpha value is -3.02. The standard InChI is InChI=1S/C23H27N3O3/c1-15-22-18(11-23(2,3)12-20(22)27)25-17-8-4-5-9-19(17)26(15)14-21(28)24-13-16-7-6-10-29-16/h4-10,15,25H,11-14H2,1-3H3,(H,24,28)/t15-/m1/s1. The molecule has 1 aromatic heterocycles. The smallest absolute Gasteiger partial charge is 0.239 e. The highest BCUT2D eigenvalue weighted by molar-refractivity contribution is 6.01. The van der Waals surface area contributed by atoms with Gasteiger partial charge in [-0.25, -0.2) is 0 Å². The molecule has 4 rings (SSSR count). The number of nitrogens with zero attached hydrogens (tertiary/aromatic N) is 1. The number of hydrogen-bond acceptors (Lipinski definition) is 5. The number of carbonyl (C=O) groups excluding carboxylic acids is 2. The van der Waals surface area contributed by atoms with Gasteiger partial charge in [-0.3, -0.25) is 9.59 Å². The van der Waals surface area contributed by atoms with Crippen LogP contribution in [0.4, 0.5) is 11.4 Å². The zero-order valence-electron chi connectivity index (χ0n) is 17.1. The third kappa shape index (κ3) is 3.92. The number of ketones is 1. The number of rotatable bonds is 4. The van der Waals surface area contributed by atoms with Crippen LogP contribution >= 0.6 is 0 Å². The Labute approximate surface area is 171 Å². The number of anilines is 2. The average Bonchev–Trinajstić information content (AvgIpc) is 3.13. The number of benzene rings is 1.